The molecule has 21 heavy (non-hydrogen) atoms. The Bertz CT molecular complexity index is 441. The van der Waals surface area contributed by atoms with E-state index in [0.29, 0.717) is 5.92 Å². The lowest BCUT2D eigenvalue weighted by atomic mass is 9.90. The maximum Gasteiger partial charge on any atom is 0.131 e. The number of rotatable bonds is 5. The van der Waals surface area contributed by atoms with Crippen LogP contribution < -0.4 is 5.32 Å². The van der Waals surface area contributed by atoms with Gasteiger partial charge in [-0.3, -0.25) is 0 Å². The normalized spacial score (nSPS) is 20.4. The number of piperidine rings is 1. The van der Waals surface area contributed by atoms with Crippen molar-refractivity contribution in [3.05, 3.63) is 35.4 Å². The molecule has 5 heteroatoms. The van der Waals surface area contributed by atoms with Crippen LogP contribution >= 0.6 is 0 Å². The fourth-order valence-corrected chi connectivity index (χ4v) is 2.92. The van der Waals surface area contributed by atoms with E-state index in [1.165, 1.54) is 18.2 Å². The average molecular weight is 298 g/mol. The minimum atomic E-state index is -1.17. The van der Waals surface area contributed by atoms with Gasteiger partial charge in [0.25, 0.3) is 0 Å². The Kier molecular flexibility index (Phi) is 5.67. The van der Waals surface area contributed by atoms with Gasteiger partial charge in [0.05, 0.1) is 11.7 Å². The predicted molar refractivity (Wildman–Crippen MR) is 79.0 cm³/mol. The third-order valence-corrected chi connectivity index (χ3v) is 4.44. The highest BCUT2D eigenvalue weighted by atomic mass is 19.1. The molecule has 0 bridgehead atoms. The zero-order valence-corrected chi connectivity index (χ0v) is 12.6. The predicted octanol–water partition coefficient (Wildman–Crippen LogP) is 2.32. The Balaban J connectivity index is 1.87. The van der Waals surface area contributed by atoms with Crippen LogP contribution in [-0.4, -0.2) is 42.7 Å². The standard InChI is InChI=1S/C16H24F2N2O/c1-11(12-6-8-20(2)9-7-12)19-10-15(21)16-13(17)4-3-5-14(16)18/h3-5,11-12,15,19,21H,6-10H2,1-2H3. The Labute approximate surface area is 125 Å². The second kappa shape index (κ2) is 7.29. The van der Waals surface area contributed by atoms with E-state index in [1.54, 1.807) is 0 Å². The van der Waals surface area contributed by atoms with Gasteiger partial charge in [0.2, 0.25) is 0 Å². The quantitative estimate of drug-likeness (QED) is 0.876. The number of likely N-dealkylation sites (tertiary alicyclic amines) is 1. The van der Waals surface area contributed by atoms with Gasteiger partial charge in [-0.1, -0.05) is 6.07 Å². The summed E-state index contributed by atoms with van der Waals surface area (Å²) in [5.41, 5.74) is -0.249. The number of nitrogens with one attached hydrogen (secondary N) is 1. The van der Waals surface area contributed by atoms with Gasteiger partial charge in [0.1, 0.15) is 11.6 Å². The van der Waals surface area contributed by atoms with E-state index < -0.39 is 17.7 Å². The van der Waals surface area contributed by atoms with Crippen LogP contribution in [0.1, 0.15) is 31.4 Å². The van der Waals surface area contributed by atoms with Gasteiger partial charge >= 0.3 is 0 Å². The molecule has 1 saturated heterocycles. The molecule has 1 aliphatic heterocycles. The summed E-state index contributed by atoms with van der Waals surface area (Å²) in [6, 6.07) is 3.86. The molecule has 0 aromatic heterocycles. The van der Waals surface area contributed by atoms with Crippen LogP contribution in [0, 0.1) is 17.6 Å². The molecule has 0 aliphatic carbocycles. The van der Waals surface area contributed by atoms with Gasteiger partial charge in [0, 0.05) is 12.6 Å². The van der Waals surface area contributed by atoms with Gasteiger partial charge in [0.15, 0.2) is 0 Å². The summed E-state index contributed by atoms with van der Waals surface area (Å²) in [5.74, 6) is -0.855. The molecule has 0 saturated carbocycles. The molecule has 2 rings (SSSR count). The molecule has 0 radical (unpaired) electrons. The van der Waals surface area contributed by atoms with Crippen molar-refractivity contribution in [3.8, 4) is 0 Å². The van der Waals surface area contributed by atoms with Crippen molar-refractivity contribution in [3.63, 3.8) is 0 Å². The molecule has 1 aliphatic rings. The molecule has 2 unspecified atom stereocenters. The lowest BCUT2D eigenvalue weighted by Gasteiger charge is -2.33. The Hall–Kier alpha value is -1.04. The monoisotopic (exact) mass is 298 g/mol. The topological polar surface area (TPSA) is 35.5 Å². The first-order chi connectivity index (χ1) is 9.99. The Morgan fingerprint density at radius 1 is 1.29 bits per heavy atom. The van der Waals surface area contributed by atoms with E-state index in [1.807, 2.05) is 0 Å². The number of aliphatic hydroxyl groups excluding tert-OH is 1. The van der Waals surface area contributed by atoms with Crippen LogP contribution in [0.5, 0.6) is 0 Å². The van der Waals surface area contributed by atoms with Gasteiger partial charge in [-0.25, -0.2) is 8.78 Å². The number of aliphatic hydroxyl groups is 1. The molecule has 1 fully saturated rings. The zero-order valence-electron chi connectivity index (χ0n) is 12.6. The summed E-state index contributed by atoms with van der Waals surface area (Å²) in [4.78, 5) is 2.30. The second-order valence-electron chi connectivity index (χ2n) is 5.99. The molecule has 118 valence electrons. The largest absolute Gasteiger partial charge is 0.387 e. The maximum atomic E-state index is 13.6. The molecule has 2 N–H and O–H groups in total. The summed E-state index contributed by atoms with van der Waals surface area (Å²) >= 11 is 0. The van der Waals surface area contributed by atoms with Crippen LogP contribution in [0.2, 0.25) is 0 Å². The third kappa shape index (κ3) is 4.22. The SMILES string of the molecule is CC(NCC(O)c1c(F)cccc1F)C1CCN(C)CC1. The van der Waals surface area contributed by atoms with E-state index in [0.717, 1.165) is 25.9 Å². The van der Waals surface area contributed by atoms with Crippen molar-refractivity contribution in [2.24, 2.45) is 5.92 Å². The highest BCUT2D eigenvalue weighted by Gasteiger charge is 2.24. The van der Waals surface area contributed by atoms with Crippen LogP contribution in [0.3, 0.4) is 0 Å². The van der Waals surface area contributed by atoms with E-state index in [2.05, 4.69) is 24.2 Å². The van der Waals surface area contributed by atoms with Gasteiger partial charge < -0.3 is 15.3 Å². The van der Waals surface area contributed by atoms with E-state index in [4.69, 9.17) is 0 Å². The van der Waals surface area contributed by atoms with Crippen LogP contribution in [0.15, 0.2) is 18.2 Å². The first-order valence-corrected chi connectivity index (χ1v) is 7.53. The highest BCUT2D eigenvalue weighted by molar-refractivity contribution is 5.22. The first-order valence-electron chi connectivity index (χ1n) is 7.53. The van der Waals surface area contributed by atoms with Crippen molar-refractivity contribution in [2.75, 3.05) is 26.7 Å². The van der Waals surface area contributed by atoms with Crippen LogP contribution in [0.25, 0.3) is 0 Å². The second-order valence-corrected chi connectivity index (χ2v) is 5.99. The van der Waals surface area contributed by atoms with Gasteiger partial charge in [-0.15, -0.1) is 0 Å². The van der Waals surface area contributed by atoms with Crippen molar-refractivity contribution in [2.45, 2.75) is 31.9 Å². The Morgan fingerprint density at radius 2 is 1.86 bits per heavy atom. The fraction of sp³-hybridized carbons (Fsp3) is 0.625. The van der Waals surface area contributed by atoms with E-state index in [9.17, 15) is 13.9 Å². The van der Waals surface area contributed by atoms with Crippen molar-refractivity contribution in [1.82, 2.24) is 10.2 Å². The van der Waals surface area contributed by atoms with Crippen LogP contribution in [0.4, 0.5) is 8.78 Å². The number of nitrogens with zero attached hydrogens (tertiary/aromatic N) is 1. The average Bonchev–Trinajstić information content (AvgIpc) is 2.45. The molecular formula is C16H24F2N2O. The molecule has 3 nitrogen and oxygen atoms in total. The molecule has 0 spiro atoms. The summed E-state index contributed by atoms with van der Waals surface area (Å²) in [6.07, 6.45) is 1.05. The molecule has 1 aromatic carbocycles. The summed E-state index contributed by atoms with van der Waals surface area (Å²) in [5, 5.41) is 13.2. The fourth-order valence-electron chi connectivity index (χ4n) is 2.92. The summed E-state index contributed by atoms with van der Waals surface area (Å²) in [7, 11) is 2.11. The minimum absolute atomic E-state index is 0.158. The smallest absolute Gasteiger partial charge is 0.131 e. The van der Waals surface area contributed by atoms with E-state index in [-0.39, 0.29) is 18.2 Å². The van der Waals surface area contributed by atoms with E-state index >= 15 is 0 Å². The molecule has 1 aromatic rings. The lowest BCUT2D eigenvalue weighted by Crippen LogP contribution is -2.42. The Morgan fingerprint density at radius 3 is 2.43 bits per heavy atom. The highest BCUT2D eigenvalue weighted by Crippen LogP contribution is 2.22. The lowest BCUT2D eigenvalue weighted by molar-refractivity contribution is 0.144. The number of hydrogen-bond acceptors (Lipinski definition) is 3. The summed E-state index contributed by atoms with van der Waals surface area (Å²) < 4.78 is 27.2. The number of hydrogen-bond donors (Lipinski definition) is 2. The molecule has 2 atom stereocenters. The van der Waals surface area contributed by atoms with Crippen molar-refractivity contribution >= 4 is 0 Å². The zero-order chi connectivity index (χ0) is 15.4. The summed E-state index contributed by atoms with van der Waals surface area (Å²) in [6.45, 7) is 4.37. The third-order valence-electron chi connectivity index (χ3n) is 4.44. The number of benzene rings is 1. The van der Waals surface area contributed by atoms with Gasteiger partial charge in [-0.05, 0) is 58.0 Å². The first kappa shape index (κ1) is 16.3. The number of halogens is 2. The molecule has 0 amide bonds. The minimum Gasteiger partial charge on any atom is -0.387 e. The molecular weight excluding hydrogens is 274 g/mol. The molecule has 1 heterocycles. The maximum absolute atomic E-state index is 13.6. The van der Waals surface area contributed by atoms with Crippen molar-refractivity contribution in [1.29, 1.82) is 0 Å². The van der Waals surface area contributed by atoms with Gasteiger partial charge in [-0.2, -0.15) is 0 Å². The van der Waals surface area contributed by atoms with Crippen LogP contribution in [-0.2, 0) is 0 Å². The van der Waals surface area contributed by atoms with Crippen molar-refractivity contribution < 1.29 is 13.9 Å².